The number of hydrogen-bond acceptors (Lipinski definition) is 3. The maximum Gasteiger partial charge on any atom is 0.122 e. The summed E-state index contributed by atoms with van der Waals surface area (Å²) in [6.07, 6.45) is 1.48. The quantitative estimate of drug-likeness (QED) is 0.808. The number of rotatable bonds is 1. The number of nitrogens with zero attached hydrogens (tertiary/aromatic N) is 2. The summed E-state index contributed by atoms with van der Waals surface area (Å²) in [5.41, 5.74) is 7.25. The Balaban J connectivity index is 2.38. The Bertz CT molecular complexity index is 452. The molecule has 78 valence electrons. The second-order valence-electron chi connectivity index (χ2n) is 3.26. The van der Waals surface area contributed by atoms with Gasteiger partial charge in [0.25, 0.3) is 0 Å². The van der Waals surface area contributed by atoms with Gasteiger partial charge in [-0.1, -0.05) is 29.3 Å². The van der Waals surface area contributed by atoms with Gasteiger partial charge >= 0.3 is 0 Å². The Morgan fingerprint density at radius 2 is 1.93 bits per heavy atom. The zero-order valence-electron chi connectivity index (χ0n) is 7.87. The molecule has 3 nitrogen and oxygen atoms in total. The zero-order chi connectivity index (χ0) is 10.8. The van der Waals surface area contributed by atoms with E-state index in [9.17, 15) is 0 Å². The maximum absolute atomic E-state index is 6.05. The highest BCUT2D eigenvalue weighted by atomic mass is 35.5. The molecule has 2 rings (SSSR count). The van der Waals surface area contributed by atoms with Crippen LogP contribution in [0.3, 0.4) is 0 Å². The highest BCUT2D eigenvalue weighted by molar-refractivity contribution is 6.37. The van der Waals surface area contributed by atoms with Gasteiger partial charge in [0.2, 0.25) is 0 Å². The standard InChI is InChI=1S/C10H9Cl2N3/c11-6-1-2-7(8(12)5-6)9-3-4-10(13)15-14-9/h1-2,5H,3-4H2,(H2,13,15). The van der Waals surface area contributed by atoms with Crippen molar-refractivity contribution in [3.8, 4) is 0 Å². The van der Waals surface area contributed by atoms with Gasteiger partial charge in [-0.2, -0.15) is 5.10 Å². The first kappa shape index (κ1) is 10.5. The molecule has 2 N–H and O–H groups in total. The number of benzene rings is 1. The topological polar surface area (TPSA) is 50.7 Å². The molecule has 1 aromatic carbocycles. The Hall–Kier alpha value is -1.06. The smallest absolute Gasteiger partial charge is 0.122 e. The van der Waals surface area contributed by atoms with Crippen LogP contribution in [0.15, 0.2) is 28.4 Å². The molecule has 0 aliphatic carbocycles. The molecule has 1 aliphatic heterocycles. The van der Waals surface area contributed by atoms with Gasteiger partial charge < -0.3 is 5.73 Å². The van der Waals surface area contributed by atoms with E-state index in [1.54, 1.807) is 12.1 Å². The lowest BCUT2D eigenvalue weighted by Crippen LogP contribution is -2.17. The largest absolute Gasteiger partial charge is 0.386 e. The van der Waals surface area contributed by atoms with Crippen molar-refractivity contribution >= 4 is 34.7 Å². The number of halogens is 2. The summed E-state index contributed by atoms with van der Waals surface area (Å²) >= 11 is 11.9. The average Bonchev–Trinajstić information content (AvgIpc) is 2.20. The first-order chi connectivity index (χ1) is 7.16. The van der Waals surface area contributed by atoms with E-state index < -0.39 is 0 Å². The van der Waals surface area contributed by atoms with Gasteiger partial charge in [-0.15, -0.1) is 5.10 Å². The summed E-state index contributed by atoms with van der Waals surface area (Å²) in [6.45, 7) is 0. The average molecular weight is 242 g/mol. The van der Waals surface area contributed by atoms with Crippen LogP contribution >= 0.6 is 23.2 Å². The Morgan fingerprint density at radius 3 is 2.53 bits per heavy atom. The van der Waals surface area contributed by atoms with E-state index in [2.05, 4.69) is 10.2 Å². The SMILES string of the molecule is NC1=NN=C(c2ccc(Cl)cc2Cl)CC1. The van der Waals surface area contributed by atoms with Crippen molar-refractivity contribution in [2.24, 2.45) is 15.9 Å². The molecule has 0 unspecified atom stereocenters. The number of amidine groups is 1. The number of hydrogen-bond donors (Lipinski definition) is 1. The normalized spacial score (nSPS) is 15.9. The van der Waals surface area contributed by atoms with Crippen LogP contribution < -0.4 is 5.73 Å². The van der Waals surface area contributed by atoms with Crippen LogP contribution in [0.5, 0.6) is 0 Å². The van der Waals surface area contributed by atoms with Gasteiger partial charge in [-0.05, 0) is 18.6 Å². The van der Waals surface area contributed by atoms with E-state index >= 15 is 0 Å². The molecular formula is C10H9Cl2N3. The van der Waals surface area contributed by atoms with Crippen molar-refractivity contribution in [1.29, 1.82) is 0 Å². The Kier molecular flexibility index (Phi) is 2.93. The lowest BCUT2D eigenvalue weighted by Gasteiger charge is -2.10. The molecule has 0 fully saturated rings. The van der Waals surface area contributed by atoms with E-state index in [0.29, 0.717) is 15.9 Å². The Morgan fingerprint density at radius 1 is 1.13 bits per heavy atom. The Labute approximate surface area is 97.6 Å². The molecule has 1 heterocycles. The monoisotopic (exact) mass is 241 g/mol. The molecule has 15 heavy (non-hydrogen) atoms. The fraction of sp³-hybridized carbons (Fsp3) is 0.200. The third-order valence-electron chi connectivity index (χ3n) is 2.16. The van der Waals surface area contributed by atoms with Crippen LogP contribution in [-0.2, 0) is 0 Å². The van der Waals surface area contributed by atoms with Crippen molar-refractivity contribution in [2.75, 3.05) is 0 Å². The number of nitrogens with two attached hydrogens (primary N) is 1. The molecule has 5 heteroatoms. The first-order valence-corrected chi connectivity index (χ1v) is 5.26. The van der Waals surface area contributed by atoms with Gasteiger partial charge in [0.05, 0.1) is 10.7 Å². The molecule has 0 spiro atoms. The molecule has 0 saturated heterocycles. The van der Waals surface area contributed by atoms with E-state index in [1.165, 1.54) is 0 Å². The summed E-state index contributed by atoms with van der Waals surface area (Å²) in [4.78, 5) is 0. The molecule has 0 aromatic heterocycles. The summed E-state index contributed by atoms with van der Waals surface area (Å²) in [7, 11) is 0. The minimum atomic E-state index is 0.559. The minimum Gasteiger partial charge on any atom is -0.386 e. The molecule has 0 amide bonds. The first-order valence-electron chi connectivity index (χ1n) is 4.51. The van der Waals surface area contributed by atoms with Crippen LogP contribution in [0.1, 0.15) is 18.4 Å². The molecule has 1 aromatic rings. The lowest BCUT2D eigenvalue weighted by atomic mass is 10.0. The molecule has 0 atom stereocenters. The summed E-state index contributed by atoms with van der Waals surface area (Å²) in [6, 6.07) is 5.33. The van der Waals surface area contributed by atoms with Crippen LogP contribution in [0, 0.1) is 0 Å². The third kappa shape index (κ3) is 2.30. The fourth-order valence-electron chi connectivity index (χ4n) is 1.38. The highest BCUT2D eigenvalue weighted by Gasteiger charge is 2.12. The molecule has 0 radical (unpaired) electrons. The van der Waals surface area contributed by atoms with Crippen LogP contribution in [0.4, 0.5) is 0 Å². The van der Waals surface area contributed by atoms with Gasteiger partial charge in [0, 0.05) is 17.0 Å². The van der Waals surface area contributed by atoms with E-state index in [4.69, 9.17) is 28.9 Å². The predicted molar refractivity (Wildman–Crippen MR) is 63.9 cm³/mol. The molecule has 0 saturated carbocycles. The van der Waals surface area contributed by atoms with Crippen molar-refractivity contribution < 1.29 is 0 Å². The van der Waals surface area contributed by atoms with Gasteiger partial charge in [-0.3, -0.25) is 0 Å². The van der Waals surface area contributed by atoms with Gasteiger partial charge in [0.1, 0.15) is 5.84 Å². The van der Waals surface area contributed by atoms with Gasteiger partial charge in [-0.25, -0.2) is 0 Å². The van der Waals surface area contributed by atoms with Crippen molar-refractivity contribution in [1.82, 2.24) is 0 Å². The minimum absolute atomic E-state index is 0.559. The third-order valence-corrected chi connectivity index (χ3v) is 2.71. The van der Waals surface area contributed by atoms with Crippen molar-refractivity contribution in [3.05, 3.63) is 33.8 Å². The van der Waals surface area contributed by atoms with Crippen molar-refractivity contribution in [2.45, 2.75) is 12.8 Å². The maximum atomic E-state index is 6.05. The summed E-state index contributed by atoms with van der Waals surface area (Å²) in [5.74, 6) is 0.559. The van der Waals surface area contributed by atoms with Crippen LogP contribution in [-0.4, -0.2) is 11.5 Å². The van der Waals surface area contributed by atoms with E-state index in [-0.39, 0.29) is 0 Å². The van der Waals surface area contributed by atoms with E-state index in [0.717, 1.165) is 24.1 Å². The van der Waals surface area contributed by atoms with Crippen LogP contribution in [0.25, 0.3) is 0 Å². The van der Waals surface area contributed by atoms with Crippen molar-refractivity contribution in [3.63, 3.8) is 0 Å². The molecular weight excluding hydrogens is 233 g/mol. The second-order valence-corrected chi connectivity index (χ2v) is 4.11. The van der Waals surface area contributed by atoms with E-state index in [1.807, 2.05) is 6.07 Å². The van der Waals surface area contributed by atoms with Gasteiger partial charge in [0.15, 0.2) is 0 Å². The zero-order valence-corrected chi connectivity index (χ0v) is 9.39. The molecule has 1 aliphatic rings. The summed E-state index contributed by atoms with van der Waals surface area (Å²) < 4.78 is 0. The lowest BCUT2D eigenvalue weighted by molar-refractivity contribution is 1.02. The molecule has 0 bridgehead atoms. The summed E-state index contributed by atoms with van der Waals surface area (Å²) in [5, 5.41) is 9.07. The van der Waals surface area contributed by atoms with Crippen LogP contribution in [0.2, 0.25) is 10.0 Å². The fourth-order valence-corrected chi connectivity index (χ4v) is 1.90. The predicted octanol–water partition coefficient (Wildman–Crippen LogP) is 2.85. The second kappa shape index (κ2) is 4.21. The highest BCUT2D eigenvalue weighted by Crippen LogP contribution is 2.23.